The van der Waals surface area contributed by atoms with Gasteiger partial charge in [0.15, 0.2) is 9.84 Å². The predicted octanol–water partition coefficient (Wildman–Crippen LogP) is 1.70. The Morgan fingerprint density at radius 1 is 1.12 bits per heavy atom. The van der Waals surface area contributed by atoms with Crippen molar-refractivity contribution in [2.75, 3.05) is 24.6 Å². The third-order valence-electron chi connectivity index (χ3n) is 5.87. The first-order chi connectivity index (χ1) is 11.5. The van der Waals surface area contributed by atoms with E-state index in [0.717, 1.165) is 6.42 Å². The summed E-state index contributed by atoms with van der Waals surface area (Å²) in [4.78, 5) is 12.0. The molecule has 1 aromatic rings. The smallest absolute Gasteiger partial charge is 0.314 e. The van der Waals surface area contributed by atoms with Gasteiger partial charge in [-0.2, -0.15) is 0 Å². The van der Waals surface area contributed by atoms with Gasteiger partial charge in [-0.15, -0.1) is 0 Å². The van der Waals surface area contributed by atoms with Gasteiger partial charge in [-0.1, -0.05) is 24.3 Å². The average molecular weight is 348 g/mol. The van der Waals surface area contributed by atoms with E-state index in [-0.39, 0.29) is 23.5 Å². The van der Waals surface area contributed by atoms with Gasteiger partial charge in [0.25, 0.3) is 0 Å². The van der Waals surface area contributed by atoms with Crippen molar-refractivity contribution in [3.05, 3.63) is 35.4 Å². The second-order valence-electron chi connectivity index (χ2n) is 7.45. The molecule has 6 heteroatoms. The third kappa shape index (κ3) is 3.16. The molecule has 2 N–H and O–H groups in total. The van der Waals surface area contributed by atoms with Crippen molar-refractivity contribution in [2.45, 2.75) is 25.2 Å². The number of hydrogen-bond donors (Lipinski definition) is 2. The summed E-state index contributed by atoms with van der Waals surface area (Å²) in [5.41, 5.74) is 2.94. The summed E-state index contributed by atoms with van der Waals surface area (Å²) < 4.78 is 22.9. The maximum absolute atomic E-state index is 12.0. The van der Waals surface area contributed by atoms with Crippen molar-refractivity contribution in [3.8, 4) is 0 Å². The molecule has 24 heavy (non-hydrogen) atoms. The molecule has 1 aliphatic heterocycles. The van der Waals surface area contributed by atoms with Crippen LogP contribution in [0, 0.1) is 17.8 Å². The molecular formula is C18H24N2O3S. The normalized spacial score (nSPS) is 32.5. The summed E-state index contributed by atoms with van der Waals surface area (Å²) >= 11 is 0. The molecule has 0 bridgehead atoms. The highest BCUT2D eigenvalue weighted by atomic mass is 32.2. The molecule has 0 aromatic heterocycles. The van der Waals surface area contributed by atoms with E-state index in [0.29, 0.717) is 37.3 Å². The van der Waals surface area contributed by atoms with E-state index in [2.05, 4.69) is 34.9 Å². The predicted molar refractivity (Wildman–Crippen MR) is 92.6 cm³/mol. The molecule has 4 atom stereocenters. The summed E-state index contributed by atoms with van der Waals surface area (Å²) in [5, 5.41) is 5.81. The number of carbonyl (C=O) groups is 1. The molecule has 1 saturated heterocycles. The van der Waals surface area contributed by atoms with Crippen molar-refractivity contribution < 1.29 is 13.2 Å². The zero-order valence-electron chi connectivity index (χ0n) is 13.7. The largest absolute Gasteiger partial charge is 0.338 e. The number of carbonyl (C=O) groups excluding carboxylic acids is 1. The monoisotopic (exact) mass is 348 g/mol. The van der Waals surface area contributed by atoms with Crippen LogP contribution in [-0.4, -0.2) is 39.0 Å². The summed E-state index contributed by atoms with van der Waals surface area (Å²) in [6.45, 7) is 1.16. The van der Waals surface area contributed by atoms with Crippen molar-refractivity contribution in [3.63, 3.8) is 0 Å². The van der Waals surface area contributed by atoms with Gasteiger partial charge in [0.1, 0.15) is 0 Å². The van der Waals surface area contributed by atoms with E-state index in [1.807, 2.05) is 0 Å². The minimum Gasteiger partial charge on any atom is -0.338 e. The molecule has 1 saturated carbocycles. The van der Waals surface area contributed by atoms with Gasteiger partial charge in [-0.3, -0.25) is 0 Å². The standard InChI is InChI=1S/C18H24N2O3S/c21-18(19-9-12-7-8-24(22,23)11-12)20-10-16-15-6-5-13-3-1-2-4-14(13)17(15)16/h1-4,12,15-17H,5-11H2,(H2,19,20,21)/t12-,15-,16+,17-/m0/s1. The first-order valence-corrected chi connectivity index (χ1v) is 10.7. The van der Waals surface area contributed by atoms with Crippen molar-refractivity contribution in [1.82, 2.24) is 10.6 Å². The Morgan fingerprint density at radius 3 is 2.71 bits per heavy atom. The first-order valence-electron chi connectivity index (χ1n) is 8.83. The summed E-state index contributed by atoms with van der Waals surface area (Å²) in [6.07, 6.45) is 3.03. The Labute approximate surface area is 143 Å². The van der Waals surface area contributed by atoms with Crippen LogP contribution < -0.4 is 10.6 Å². The lowest BCUT2D eigenvalue weighted by molar-refractivity contribution is 0.238. The van der Waals surface area contributed by atoms with Gasteiger partial charge < -0.3 is 10.6 Å². The maximum atomic E-state index is 12.0. The molecule has 1 heterocycles. The maximum Gasteiger partial charge on any atom is 0.314 e. The average Bonchev–Trinajstić information content (AvgIpc) is 3.18. The van der Waals surface area contributed by atoms with Gasteiger partial charge in [-0.05, 0) is 54.1 Å². The van der Waals surface area contributed by atoms with Gasteiger partial charge in [0, 0.05) is 13.1 Å². The van der Waals surface area contributed by atoms with Crippen LogP contribution in [0.15, 0.2) is 24.3 Å². The van der Waals surface area contributed by atoms with Gasteiger partial charge in [-0.25, -0.2) is 13.2 Å². The topological polar surface area (TPSA) is 75.3 Å². The zero-order valence-corrected chi connectivity index (χ0v) is 14.5. The first kappa shape index (κ1) is 15.9. The Hall–Kier alpha value is -1.56. The highest BCUT2D eigenvalue weighted by molar-refractivity contribution is 7.91. The van der Waals surface area contributed by atoms with Crippen LogP contribution in [0.1, 0.15) is 29.9 Å². The van der Waals surface area contributed by atoms with Crippen molar-refractivity contribution in [2.24, 2.45) is 17.8 Å². The van der Waals surface area contributed by atoms with Crippen LogP contribution in [0.2, 0.25) is 0 Å². The lowest BCUT2D eigenvalue weighted by Crippen LogP contribution is -2.39. The summed E-state index contributed by atoms with van der Waals surface area (Å²) in [6, 6.07) is 8.48. The van der Waals surface area contributed by atoms with Crippen LogP contribution in [0.3, 0.4) is 0 Å². The molecule has 1 aromatic carbocycles. The van der Waals surface area contributed by atoms with Crippen LogP contribution in [0.25, 0.3) is 0 Å². The van der Waals surface area contributed by atoms with Gasteiger partial charge in [0.05, 0.1) is 11.5 Å². The number of sulfone groups is 1. The molecule has 0 radical (unpaired) electrons. The fourth-order valence-electron chi connectivity index (χ4n) is 4.53. The minimum atomic E-state index is -2.87. The lowest BCUT2D eigenvalue weighted by Gasteiger charge is -2.13. The van der Waals surface area contributed by atoms with E-state index >= 15 is 0 Å². The molecule has 0 spiro atoms. The van der Waals surface area contributed by atoms with Gasteiger partial charge >= 0.3 is 6.03 Å². The molecule has 2 amide bonds. The number of hydrogen-bond acceptors (Lipinski definition) is 3. The molecule has 5 nitrogen and oxygen atoms in total. The van der Waals surface area contributed by atoms with Crippen LogP contribution in [0.5, 0.6) is 0 Å². The number of aryl methyl sites for hydroxylation is 1. The van der Waals surface area contributed by atoms with E-state index in [1.165, 1.54) is 17.5 Å². The fraction of sp³-hybridized carbons (Fsp3) is 0.611. The molecule has 0 unspecified atom stereocenters. The Kier molecular flexibility index (Phi) is 4.03. The van der Waals surface area contributed by atoms with E-state index < -0.39 is 9.84 Å². The number of urea groups is 1. The van der Waals surface area contributed by atoms with Crippen LogP contribution in [-0.2, 0) is 16.3 Å². The third-order valence-corrected chi connectivity index (χ3v) is 7.71. The number of rotatable bonds is 4. The second kappa shape index (κ2) is 6.06. The van der Waals surface area contributed by atoms with Crippen molar-refractivity contribution >= 4 is 15.9 Å². The quantitative estimate of drug-likeness (QED) is 0.869. The van der Waals surface area contributed by atoms with E-state index in [9.17, 15) is 13.2 Å². The Balaban J connectivity index is 1.23. The van der Waals surface area contributed by atoms with Crippen LogP contribution in [0.4, 0.5) is 4.79 Å². The Bertz CT molecular complexity index is 746. The highest BCUT2D eigenvalue weighted by Crippen LogP contribution is 2.59. The summed E-state index contributed by atoms with van der Waals surface area (Å²) in [5.74, 6) is 2.39. The number of benzene rings is 1. The highest BCUT2D eigenvalue weighted by Gasteiger charge is 2.52. The molecule has 130 valence electrons. The zero-order chi connectivity index (χ0) is 16.7. The van der Waals surface area contributed by atoms with E-state index in [1.54, 1.807) is 0 Å². The summed E-state index contributed by atoms with van der Waals surface area (Å²) in [7, 11) is -2.87. The van der Waals surface area contributed by atoms with Gasteiger partial charge in [0.2, 0.25) is 0 Å². The molecular weight excluding hydrogens is 324 g/mol. The minimum absolute atomic E-state index is 0.0659. The van der Waals surface area contributed by atoms with E-state index in [4.69, 9.17) is 0 Å². The number of amides is 2. The van der Waals surface area contributed by atoms with Crippen LogP contribution >= 0.6 is 0 Å². The molecule has 2 aliphatic carbocycles. The molecule has 3 aliphatic rings. The molecule has 2 fully saturated rings. The Morgan fingerprint density at radius 2 is 1.92 bits per heavy atom. The number of fused-ring (bicyclic) bond motifs is 3. The van der Waals surface area contributed by atoms with Crippen molar-refractivity contribution in [1.29, 1.82) is 0 Å². The molecule has 4 rings (SSSR count). The lowest BCUT2D eigenvalue weighted by atomic mass is 9.92. The SMILES string of the molecule is O=C(NC[C@@H]1CCS(=O)(=O)C1)NC[C@@H]1[C@@H]2CCc3ccccc3[C@H]12. The fourth-order valence-corrected chi connectivity index (χ4v) is 6.39. The second-order valence-corrected chi connectivity index (χ2v) is 9.68. The number of nitrogens with one attached hydrogen (secondary N) is 2.